The van der Waals surface area contributed by atoms with E-state index >= 15 is 0 Å². The van der Waals surface area contributed by atoms with Crippen molar-refractivity contribution in [2.24, 2.45) is 23.7 Å². The first-order chi connectivity index (χ1) is 11.9. The van der Waals surface area contributed by atoms with E-state index < -0.39 is 17.8 Å². The van der Waals surface area contributed by atoms with Gasteiger partial charge in [0.05, 0.1) is 17.8 Å². The molecule has 4 aliphatic rings. The molecule has 3 aliphatic carbocycles. The highest BCUT2D eigenvalue weighted by Crippen LogP contribution is 2.64. The maximum atomic E-state index is 12.7. The normalized spacial score (nSPS) is 40.5. The van der Waals surface area contributed by atoms with Crippen LogP contribution in [0.2, 0.25) is 0 Å². The monoisotopic (exact) mass is 353 g/mol. The number of hydrogen-bond donors (Lipinski definition) is 1. The summed E-state index contributed by atoms with van der Waals surface area (Å²) < 4.78 is 49.4. The lowest BCUT2D eigenvalue weighted by Gasteiger charge is -2.32. The number of nitrogens with one attached hydrogen (secondary N) is 1. The number of benzene rings is 1. The van der Waals surface area contributed by atoms with Gasteiger partial charge in [0.25, 0.3) is 0 Å². The van der Waals surface area contributed by atoms with Crippen molar-refractivity contribution < 1.29 is 27.4 Å². The standard InChI is InChI=1S/C18H18F3NO3/c19-18(20,21)9-2-1-3-10(6-9)22-17(23)25-13-5-8-4-11(13)12-7-14-16(24-14)15(8)12/h1-3,6,8,11-16H,4-5,7H2,(H,22,23)/t8-,11+,12+,13-,14+,15+,16-/m0/s1. The predicted octanol–water partition coefficient (Wildman–Crippen LogP) is 4.07. The Kier molecular flexibility index (Phi) is 3.18. The van der Waals surface area contributed by atoms with E-state index in [4.69, 9.17) is 9.47 Å². The highest BCUT2D eigenvalue weighted by atomic mass is 19.4. The van der Waals surface area contributed by atoms with Crippen LogP contribution in [0.3, 0.4) is 0 Å². The van der Waals surface area contributed by atoms with E-state index in [1.165, 1.54) is 12.1 Å². The van der Waals surface area contributed by atoms with Crippen LogP contribution in [-0.4, -0.2) is 24.4 Å². The number of anilines is 1. The molecular weight excluding hydrogens is 335 g/mol. The van der Waals surface area contributed by atoms with E-state index in [1.54, 1.807) is 0 Å². The fraction of sp³-hybridized carbons (Fsp3) is 0.611. The van der Waals surface area contributed by atoms with Crippen LogP contribution >= 0.6 is 0 Å². The van der Waals surface area contributed by atoms with E-state index in [1.807, 2.05) is 0 Å². The number of amides is 1. The van der Waals surface area contributed by atoms with Gasteiger partial charge in [0.2, 0.25) is 0 Å². The van der Waals surface area contributed by atoms with Crippen molar-refractivity contribution >= 4 is 11.8 Å². The number of carbonyl (C=O) groups is 1. The van der Waals surface area contributed by atoms with Crippen LogP contribution in [0.1, 0.15) is 24.8 Å². The molecule has 1 aromatic carbocycles. The molecule has 4 nitrogen and oxygen atoms in total. The average molecular weight is 353 g/mol. The number of hydrogen-bond acceptors (Lipinski definition) is 3. The number of alkyl halides is 3. The molecule has 7 atom stereocenters. The Morgan fingerprint density at radius 3 is 2.84 bits per heavy atom. The number of halogens is 3. The Bertz CT molecular complexity index is 722. The van der Waals surface area contributed by atoms with Crippen LogP contribution in [0.25, 0.3) is 0 Å². The van der Waals surface area contributed by atoms with E-state index in [0.717, 1.165) is 31.4 Å². The molecule has 1 amide bonds. The maximum Gasteiger partial charge on any atom is 0.416 e. The van der Waals surface area contributed by atoms with Gasteiger partial charge in [0.15, 0.2) is 0 Å². The van der Waals surface area contributed by atoms with Crippen molar-refractivity contribution in [2.45, 2.75) is 43.8 Å². The molecule has 0 radical (unpaired) electrons. The molecule has 0 unspecified atom stereocenters. The molecule has 7 heteroatoms. The second kappa shape index (κ2) is 5.13. The first-order valence-corrected chi connectivity index (χ1v) is 8.70. The van der Waals surface area contributed by atoms with E-state index in [0.29, 0.717) is 35.9 Å². The number of epoxide rings is 1. The van der Waals surface area contributed by atoms with Crippen LogP contribution in [0.5, 0.6) is 0 Å². The van der Waals surface area contributed by atoms with Crippen LogP contribution in [-0.2, 0) is 15.7 Å². The van der Waals surface area contributed by atoms with Gasteiger partial charge in [0, 0.05) is 5.69 Å². The van der Waals surface area contributed by atoms with Crippen LogP contribution in [0.15, 0.2) is 24.3 Å². The molecule has 1 aromatic rings. The van der Waals surface area contributed by atoms with Crippen LogP contribution in [0, 0.1) is 23.7 Å². The summed E-state index contributed by atoms with van der Waals surface area (Å²) in [5.41, 5.74) is -0.699. The molecule has 1 aliphatic heterocycles. The largest absolute Gasteiger partial charge is 0.446 e. The highest BCUT2D eigenvalue weighted by molar-refractivity contribution is 5.84. The maximum absolute atomic E-state index is 12.7. The lowest BCUT2D eigenvalue weighted by atomic mass is 9.79. The van der Waals surface area contributed by atoms with E-state index in [9.17, 15) is 18.0 Å². The Morgan fingerprint density at radius 1 is 1.20 bits per heavy atom. The minimum Gasteiger partial charge on any atom is -0.446 e. The molecular formula is C18H18F3NO3. The summed E-state index contributed by atoms with van der Waals surface area (Å²) in [6.07, 6.45) is -1.42. The Hall–Kier alpha value is -1.76. The third kappa shape index (κ3) is 2.51. The van der Waals surface area contributed by atoms with Crippen LogP contribution < -0.4 is 5.32 Å². The lowest BCUT2D eigenvalue weighted by molar-refractivity contribution is -0.137. The Labute approximate surface area is 142 Å². The predicted molar refractivity (Wildman–Crippen MR) is 81.8 cm³/mol. The third-order valence-electron chi connectivity index (χ3n) is 6.38. The molecule has 4 fully saturated rings. The summed E-state index contributed by atoms with van der Waals surface area (Å²) >= 11 is 0. The average Bonchev–Trinajstić information content (AvgIpc) is 2.91. The van der Waals surface area contributed by atoms with Gasteiger partial charge in [-0.3, -0.25) is 5.32 Å². The number of rotatable bonds is 2. The summed E-state index contributed by atoms with van der Waals surface area (Å²) in [5, 5.41) is 2.43. The Morgan fingerprint density at radius 2 is 2.04 bits per heavy atom. The van der Waals surface area contributed by atoms with Gasteiger partial charge in [-0.05, 0) is 61.1 Å². The zero-order valence-corrected chi connectivity index (χ0v) is 13.3. The second-order valence-corrected chi connectivity index (χ2v) is 7.66. The molecule has 5 rings (SSSR count). The first-order valence-electron chi connectivity index (χ1n) is 8.70. The molecule has 0 aromatic heterocycles. The van der Waals surface area contributed by atoms with Crippen molar-refractivity contribution in [2.75, 3.05) is 5.32 Å². The number of ether oxygens (including phenoxy) is 2. The fourth-order valence-corrected chi connectivity index (χ4v) is 5.46. The van der Waals surface area contributed by atoms with Crippen molar-refractivity contribution in [3.8, 4) is 0 Å². The van der Waals surface area contributed by atoms with Gasteiger partial charge in [-0.1, -0.05) is 6.07 Å². The molecule has 1 saturated heterocycles. The number of fused-ring (bicyclic) bond motifs is 7. The summed E-state index contributed by atoms with van der Waals surface area (Å²) in [5.74, 6) is 2.13. The SMILES string of the molecule is O=C(Nc1cccc(C(F)(F)F)c1)O[C@H]1C[C@@H]2C[C@@H]1[C@H]1C[C@H]3O[C@@H]3[C@H]21. The fourth-order valence-electron chi connectivity index (χ4n) is 5.46. The molecule has 2 bridgehead atoms. The summed E-state index contributed by atoms with van der Waals surface area (Å²) in [6, 6.07) is 4.58. The zero-order chi connectivity index (χ0) is 17.3. The van der Waals surface area contributed by atoms with Gasteiger partial charge >= 0.3 is 12.3 Å². The molecule has 134 valence electrons. The summed E-state index contributed by atoms with van der Waals surface area (Å²) in [6.45, 7) is 0. The molecule has 25 heavy (non-hydrogen) atoms. The zero-order valence-electron chi connectivity index (χ0n) is 13.3. The Balaban J connectivity index is 1.22. The summed E-state index contributed by atoms with van der Waals surface area (Å²) in [4.78, 5) is 12.1. The number of carbonyl (C=O) groups excluding carboxylic acids is 1. The molecule has 3 saturated carbocycles. The van der Waals surface area contributed by atoms with Gasteiger partial charge in [-0.15, -0.1) is 0 Å². The highest BCUT2D eigenvalue weighted by Gasteiger charge is 2.67. The minimum absolute atomic E-state index is 0.0939. The first kappa shape index (κ1) is 15.5. The quantitative estimate of drug-likeness (QED) is 0.816. The second-order valence-electron chi connectivity index (χ2n) is 7.66. The lowest BCUT2D eigenvalue weighted by Crippen LogP contribution is -2.35. The van der Waals surface area contributed by atoms with Gasteiger partial charge < -0.3 is 9.47 Å². The van der Waals surface area contributed by atoms with Crippen molar-refractivity contribution in [3.63, 3.8) is 0 Å². The van der Waals surface area contributed by atoms with Gasteiger partial charge in [-0.2, -0.15) is 13.2 Å². The van der Waals surface area contributed by atoms with Crippen molar-refractivity contribution in [1.82, 2.24) is 0 Å². The topological polar surface area (TPSA) is 50.9 Å². The smallest absolute Gasteiger partial charge is 0.416 e. The molecule has 1 heterocycles. The molecule has 1 N–H and O–H groups in total. The molecule has 0 spiro atoms. The van der Waals surface area contributed by atoms with E-state index in [-0.39, 0.29) is 11.8 Å². The van der Waals surface area contributed by atoms with Gasteiger partial charge in [0.1, 0.15) is 6.10 Å². The van der Waals surface area contributed by atoms with Crippen molar-refractivity contribution in [3.05, 3.63) is 29.8 Å². The minimum atomic E-state index is -4.44. The van der Waals surface area contributed by atoms with Gasteiger partial charge in [-0.25, -0.2) is 4.79 Å². The summed E-state index contributed by atoms with van der Waals surface area (Å²) in [7, 11) is 0. The van der Waals surface area contributed by atoms with E-state index in [2.05, 4.69) is 5.32 Å². The third-order valence-corrected chi connectivity index (χ3v) is 6.38. The van der Waals surface area contributed by atoms with Crippen molar-refractivity contribution in [1.29, 1.82) is 0 Å². The van der Waals surface area contributed by atoms with Crippen LogP contribution in [0.4, 0.5) is 23.7 Å².